The molecule has 2 aliphatic rings. The number of hydrogen-bond acceptors (Lipinski definition) is 3. The van der Waals surface area contributed by atoms with E-state index in [9.17, 15) is 0 Å². The summed E-state index contributed by atoms with van der Waals surface area (Å²) in [6, 6.07) is 44.9. The van der Waals surface area contributed by atoms with Crippen molar-refractivity contribution < 1.29 is 0 Å². The largest absolute Gasteiger partial charge is 0.340 e. The molecule has 170 valence electrons. The SMILES string of the molecule is c1ccc(C2C(c3ccccc3)N(c3ccccc3)C([C@@H]3CCCN3)N2c2ccccc2)cc1. The summed E-state index contributed by atoms with van der Waals surface area (Å²) < 4.78 is 0. The summed E-state index contributed by atoms with van der Waals surface area (Å²) in [7, 11) is 0. The molecule has 0 aliphatic carbocycles. The standard InChI is InChI=1S/C31H31N3/c1-5-14-24(15-6-1)29-30(25-16-7-2-8-17-25)34(27-20-11-4-12-21-27)31(28-22-13-23-32-28)33(29)26-18-9-3-10-19-26/h1-12,14-21,28-32H,13,22-23H2/t28-,29?,30?,31?/m0/s1. The molecule has 34 heavy (non-hydrogen) atoms. The lowest BCUT2D eigenvalue weighted by Crippen LogP contribution is -2.52. The molecule has 3 nitrogen and oxygen atoms in total. The molecule has 2 unspecified atom stereocenters. The predicted octanol–water partition coefficient (Wildman–Crippen LogP) is 6.57. The topological polar surface area (TPSA) is 18.5 Å². The molecule has 0 saturated carbocycles. The molecule has 0 spiro atoms. The maximum absolute atomic E-state index is 3.86. The van der Waals surface area contributed by atoms with Gasteiger partial charge in [-0.1, -0.05) is 97.1 Å². The van der Waals surface area contributed by atoms with Crippen molar-refractivity contribution in [3.05, 3.63) is 132 Å². The number of nitrogens with zero attached hydrogens (tertiary/aromatic N) is 2. The zero-order valence-electron chi connectivity index (χ0n) is 19.4. The molecule has 0 amide bonds. The molecular weight excluding hydrogens is 414 g/mol. The van der Waals surface area contributed by atoms with Gasteiger partial charge in [-0.05, 0) is 54.8 Å². The van der Waals surface area contributed by atoms with Gasteiger partial charge < -0.3 is 15.1 Å². The third kappa shape index (κ3) is 3.76. The van der Waals surface area contributed by atoms with Crippen LogP contribution in [0.3, 0.4) is 0 Å². The highest BCUT2D eigenvalue weighted by Gasteiger charge is 2.51. The molecule has 2 fully saturated rings. The van der Waals surface area contributed by atoms with Gasteiger partial charge in [0.15, 0.2) is 0 Å². The maximum atomic E-state index is 3.86. The minimum absolute atomic E-state index is 0.179. The Labute approximate surface area is 202 Å². The lowest BCUT2D eigenvalue weighted by atomic mass is 9.92. The van der Waals surface area contributed by atoms with Gasteiger partial charge in [-0.3, -0.25) is 0 Å². The van der Waals surface area contributed by atoms with Gasteiger partial charge in [0.25, 0.3) is 0 Å². The van der Waals surface area contributed by atoms with Gasteiger partial charge in [-0.15, -0.1) is 0 Å². The van der Waals surface area contributed by atoms with Crippen molar-refractivity contribution in [1.29, 1.82) is 0 Å². The quantitative estimate of drug-likeness (QED) is 0.375. The number of nitrogens with one attached hydrogen (secondary N) is 1. The minimum atomic E-state index is 0.179. The van der Waals surface area contributed by atoms with Crippen LogP contribution in [-0.2, 0) is 0 Å². The number of hydrogen-bond donors (Lipinski definition) is 1. The molecular formula is C31H31N3. The van der Waals surface area contributed by atoms with Crippen molar-refractivity contribution in [2.45, 2.75) is 37.1 Å². The van der Waals surface area contributed by atoms with Crippen LogP contribution in [0.25, 0.3) is 0 Å². The Hall–Kier alpha value is -3.56. The monoisotopic (exact) mass is 445 g/mol. The highest BCUT2D eigenvalue weighted by molar-refractivity contribution is 5.63. The predicted molar refractivity (Wildman–Crippen MR) is 141 cm³/mol. The van der Waals surface area contributed by atoms with E-state index < -0.39 is 0 Å². The normalized spacial score (nSPS) is 24.5. The highest BCUT2D eigenvalue weighted by atomic mass is 15.5. The van der Waals surface area contributed by atoms with Crippen LogP contribution in [0.1, 0.15) is 36.1 Å². The van der Waals surface area contributed by atoms with Gasteiger partial charge in [-0.25, -0.2) is 0 Å². The number of anilines is 2. The van der Waals surface area contributed by atoms with Crippen LogP contribution in [0.2, 0.25) is 0 Å². The van der Waals surface area contributed by atoms with Crippen LogP contribution in [-0.4, -0.2) is 18.8 Å². The van der Waals surface area contributed by atoms with Crippen molar-refractivity contribution in [2.24, 2.45) is 0 Å². The van der Waals surface area contributed by atoms with Crippen LogP contribution in [0.4, 0.5) is 11.4 Å². The lowest BCUT2D eigenvalue weighted by Gasteiger charge is -2.38. The molecule has 1 N–H and O–H groups in total. The van der Waals surface area contributed by atoms with Crippen LogP contribution in [0.15, 0.2) is 121 Å². The smallest absolute Gasteiger partial charge is 0.118 e. The summed E-state index contributed by atoms with van der Waals surface area (Å²) in [6.45, 7) is 1.08. The fraction of sp³-hybridized carbons (Fsp3) is 0.226. The summed E-state index contributed by atoms with van der Waals surface area (Å²) in [6.07, 6.45) is 2.60. The molecule has 2 heterocycles. The first kappa shape index (κ1) is 21.0. The summed E-state index contributed by atoms with van der Waals surface area (Å²) in [4.78, 5) is 5.37. The van der Waals surface area contributed by atoms with E-state index in [4.69, 9.17) is 0 Å². The Morgan fingerprint density at radius 1 is 0.529 bits per heavy atom. The molecule has 6 rings (SSSR count). The molecule has 3 atom stereocenters. The second kappa shape index (κ2) is 9.36. The fourth-order valence-corrected chi connectivity index (χ4v) is 5.93. The van der Waals surface area contributed by atoms with E-state index in [1.807, 2.05) is 0 Å². The molecule has 2 aliphatic heterocycles. The first-order chi connectivity index (χ1) is 16.9. The van der Waals surface area contributed by atoms with E-state index in [-0.39, 0.29) is 18.2 Å². The lowest BCUT2D eigenvalue weighted by molar-refractivity contribution is 0.473. The van der Waals surface area contributed by atoms with E-state index >= 15 is 0 Å². The first-order valence-corrected chi connectivity index (χ1v) is 12.4. The first-order valence-electron chi connectivity index (χ1n) is 12.4. The van der Waals surface area contributed by atoms with E-state index in [2.05, 4.69) is 136 Å². The van der Waals surface area contributed by atoms with E-state index in [1.54, 1.807) is 0 Å². The van der Waals surface area contributed by atoms with Crippen LogP contribution in [0.5, 0.6) is 0 Å². The molecule has 0 aromatic heterocycles. The Bertz CT molecular complexity index is 1090. The zero-order chi connectivity index (χ0) is 22.7. The van der Waals surface area contributed by atoms with E-state index in [0.717, 1.165) is 6.54 Å². The summed E-state index contributed by atoms with van der Waals surface area (Å²) in [5, 5.41) is 3.86. The van der Waals surface area contributed by atoms with Gasteiger partial charge in [0.05, 0.1) is 12.1 Å². The summed E-state index contributed by atoms with van der Waals surface area (Å²) in [5.74, 6) is 0. The Morgan fingerprint density at radius 2 is 0.941 bits per heavy atom. The van der Waals surface area contributed by atoms with Gasteiger partial charge in [0.1, 0.15) is 6.17 Å². The molecule has 4 aromatic carbocycles. The zero-order valence-corrected chi connectivity index (χ0v) is 19.4. The minimum Gasteiger partial charge on any atom is -0.340 e. The summed E-state index contributed by atoms with van der Waals surface area (Å²) in [5.41, 5.74) is 5.24. The van der Waals surface area contributed by atoms with Crippen molar-refractivity contribution in [3.8, 4) is 0 Å². The van der Waals surface area contributed by atoms with Gasteiger partial charge in [0.2, 0.25) is 0 Å². The van der Waals surface area contributed by atoms with Crippen LogP contribution < -0.4 is 15.1 Å². The van der Waals surface area contributed by atoms with Gasteiger partial charge in [-0.2, -0.15) is 0 Å². The third-order valence-corrected chi connectivity index (χ3v) is 7.32. The van der Waals surface area contributed by atoms with Gasteiger partial charge >= 0.3 is 0 Å². The Balaban J connectivity index is 1.61. The average molecular weight is 446 g/mol. The fourth-order valence-electron chi connectivity index (χ4n) is 5.93. The second-order valence-electron chi connectivity index (χ2n) is 9.31. The second-order valence-corrected chi connectivity index (χ2v) is 9.31. The number of para-hydroxylation sites is 2. The van der Waals surface area contributed by atoms with Crippen molar-refractivity contribution in [1.82, 2.24) is 5.32 Å². The van der Waals surface area contributed by atoms with E-state index in [1.165, 1.54) is 35.3 Å². The van der Waals surface area contributed by atoms with Crippen molar-refractivity contribution in [2.75, 3.05) is 16.3 Å². The summed E-state index contributed by atoms with van der Waals surface area (Å²) >= 11 is 0. The maximum Gasteiger partial charge on any atom is 0.118 e. The number of benzene rings is 4. The molecule has 0 radical (unpaired) electrons. The van der Waals surface area contributed by atoms with Crippen molar-refractivity contribution >= 4 is 11.4 Å². The molecule has 3 heteroatoms. The van der Waals surface area contributed by atoms with Crippen molar-refractivity contribution in [3.63, 3.8) is 0 Å². The molecule has 0 bridgehead atoms. The van der Waals surface area contributed by atoms with Gasteiger partial charge in [0, 0.05) is 17.4 Å². The highest BCUT2D eigenvalue weighted by Crippen LogP contribution is 2.52. The average Bonchev–Trinajstić information content (AvgIpc) is 3.57. The van der Waals surface area contributed by atoms with Crippen LogP contribution in [0, 0.1) is 0 Å². The Morgan fingerprint density at radius 3 is 1.32 bits per heavy atom. The number of rotatable bonds is 5. The van der Waals surface area contributed by atoms with E-state index in [0.29, 0.717) is 6.04 Å². The Kier molecular flexibility index (Phi) is 5.78. The molecule has 2 saturated heterocycles. The van der Waals surface area contributed by atoms with Crippen LogP contribution >= 0.6 is 0 Å². The molecule has 4 aromatic rings. The third-order valence-electron chi connectivity index (χ3n) is 7.32.